The fourth-order valence-corrected chi connectivity index (χ4v) is 3.27. The van der Waals surface area contributed by atoms with Crippen LogP contribution in [-0.2, 0) is 0 Å². The zero-order valence-corrected chi connectivity index (χ0v) is 14.0. The molecule has 0 aromatic heterocycles. The van der Waals surface area contributed by atoms with E-state index in [0.717, 1.165) is 25.2 Å². The molecule has 0 spiro atoms. The lowest BCUT2D eigenvalue weighted by atomic mass is 9.94. The third-order valence-electron chi connectivity index (χ3n) is 4.49. The Morgan fingerprint density at radius 1 is 1.35 bits per heavy atom. The number of hydrogen-bond acceptors (Lipinski definition) is 2. The second-order valence-corrected chi connectivity index (χ2v) is 6.47. The van der Waals surface area contributed by atoms with Crippen molar-refractivity contribution in [1.29, 1.82) is 0 Å². The van der Waals surface area contributed by atoms with E-state index in [0.29, 0.717) is 28.0 Å². The van der Waals surface area contributed by atoms with Crippen molar-refractivity contribution in [3.8, 4) is 0 Å². The first-order valence-electron chi connectivity index (χ1n) is 7.52. The van der Waals surface area contributed by atoms with Crippen LogP contribution < -0.4 is 10.2 Å². The van der Waals surface area contributed by atoms with Crippen molar-refractivity contribution in [2.45, 2.75) is 45.7 Å². The molecule has 4 heteroatoms. The Labute approximate surface area is 132 Å². The van der Waals surface area contributed by atoms with Crippen molar-refractivity contribution in [2.75, 3.05) is 18.0 Å². The zero-order valence-electron chi connectivity index (χ0n) is 12.5. The lowest BCUT2D eigenvalue weighted by Crippen LogP contribution is -2.58. The number of anilines is 1. The highest BCUT2D eigenvalue weighted by molar-refractivity contribution is 6.43. The number of nitrogens with one attached hydrogen (secondary N) is 1. The minimum Gasteiger partial charge on any atom is -0.364 e. The molecule has 0 saturated carbocycles. The minimum atomic E-state index is 0.478. The number of hydrogen-bond donors (Lipinski definition) is 1. The van der Waals surface area contributed by atoms with Crippen molar-refractivity contribution in [2.24, 2.45) is 5.92 Å². The van der Waals surface area contributed by atoms with Crippen molar-refractivity contribution in [3.05, 3.63) is 28.2 Å². The van der Waals surface area contributed by atoms with E-state index in [9.17, 15) is 0 Å². The van der Waals surface area contributed by atoms with Crippen LogP contribution in [0, 0.1) is 5.92 Å². The Morgan fingerprint density at radius 2 is 2.10 bits per heavy atom. The van der Waals surface area contributed by atoms with Gasteiger partial charge in [0.05, 0.1) is 15.7 Å². The van der Waals surface area contributed by atoms with E-state index in [1.165, 1.54) is 6.42 Å². The molecule has 2 nitrogen and oxygen atoms in total. The average Bonchev–Trinajstić information content (AvgIpc) is 2.48. The zero-order chi connectivity index (χ0) is 14.7. The summed E-state index contributed by atoms with van der Waals surface area (Å²) >= 11 is 12.6. The lowest BCUT2D eigenvalue weighted by Gasteiger charge is -2.44. The van der Waals surface area contributed by atoms with E-state index in [1.807, 2.05) is 12.1 Å². The largest absolute Gasteiger partial charge is 0.364 e. The maximum atomic E-state index is 6.42. The van der Waals surface area contributed by atoms with Gasteiger partial charge in [0.1, 0.15) is 0 Å². The summed E-state index contributed by atoms with van der Waals surface area (Å²) in [5, 5.41) is 5.00. The number of benzene rings is 1. The van der Waals surface area contributed by atoms with Crippen molar-refractivity contribution < 1.29 is 0 Å². The second-order valence-electron chi connectivity index (χ2n) is 5.69. The van der Waals surface area contributed by atoms with E-state index in [2.05, 4.69) is 37.1 Å². The Kier molecular flexibility index (Phi) is 5.59. The Morgan fingerprint density at radius 3 is 2.75 bits per heavy atom. The van der Waals surface area contributed by atoms with Gasteiger partial charge in [-0.05, 0) is 24.5 Å². The van der Waals surface area contributed by atoms with Crippen molar-refractivity contribution in [3.63, 3.8) is 0 Å². The molecule has 0 aliphatic carbocycles. The van der Waals surface area contributed by atoms with Crippen LogP contribution in [0.4, 0.5) is 5.69 Å². The first-order chi connectivity index (χ1) is 9.58. The molecule has 2 rings (SSSR count). The van der Waals surface area contributed by atoms with Crippen LogP contribution in [0.3, 0.4) is 0 Å². The van der Waals surface area contributed by atoms with Gasteiger partial charge in [-0.15, -0.1) is 0 Å². The summed E-state index contributed by atoms with van der Waals surface area (Å²) in [6, 6.07) is 6.90. The van der Waals surface area contributed by atoms with Gasteiger partial charge in [-0.1, -0.05) is 56.5 Å². The van der Waals surface area contributed by atoms with Crippen molar-refractivity contribution >= 4 is 28.9 Å². The predicted molar refractivity (Wildman–Crippen MR) is 89.1 cm³/mol. The van der Waals surface area contributed by atoms with Crippen molar-refractivity contribution in [1.82, 2.24) is 5.32 Å². The average molecular weight is 315 g/mol. The van der Waals surface area contributed by atoms with Crippen LogP contribution in [0.25, 0.3) is 0 Å². The van der Waals surface area contributed by atoms with Crippen LogP contribution in [0.5, 0.6) is 0 Å². The topological polar surface area (TPSA) is 15.3 Å². The van der Waals surface area contributed by atoms with E-state index in [-0.39, 0.29) is 0 Å². The van der Waals surface area contributed by atoms with Gasteiger partial charge in [0.2, 0.25) is 0 Å². The Balaban J connectivity index is 2.27. The highest BCUT2D eigenvalue weighted by atomic mass is 35.5. The molecule has 1 fully saturated rings. The highest BCUT2D eigenvalue weighted by Crippen LogP contribution is 2.35. The molecule has 1 aromatic carbocycles. The molecule has 0 bridgehead atoms. The van der Waals surface area contributed by atoms with Crippen LogP contribution in [0.2, 0.25) is 10.0 Å². The Bertz CT molecular complexity index is 450. The van der Waals surface area contributed by atoms with Crippen LogP contribution in [0.15, 0.2) is 18.2 Å². The van der Waals surface area contributed by atoms with Gasteiger partial charge in [-0.3, -0.25) is 0 Å². The minimum absolute atomic E-state index is 0.478. The Hall–Kier alpha value is -0.440. The summed E-state index contributed by atoms with van der Waals surface area (Å²) in [5.74, 6) is 0.660. The van der Waals surface area contributed by atoms with Gasteiger partial charge in [-0.25, -0.2) is 0 Å². The van der Waals surface area contributed by atoms with Crippen LogP contribution in [-0.4, -0.2) is 25.2 Å². The molecule has 1 saturated heterocycles. The summed E-state index contributed by atoms with van der Waals surface area (Å²) in [7, 11) is 0. The second kappa shape index (κ2) is 7.02. The third kappa shape index (κ3) is 3.24. The summed E-state index contributed by atoms with van der Waals surface area (Å²) < 4.78 is 0. The number of rotatable bonds is 4. The smallest absolute Gasteiger partial charge is 0.0825 e. The van der Waals surface area contributed by atoms with E-state index < -0.39 is 0 Å². The van der Waals surface area contributed by atoms with E-state index in [4.69, 9.17) is 23.2 Å². The summed E-state index contributed by atoms with van der Waals surface area (Å²) in [4.78, 5) is 2.43. The summed E-state index contributed by atoms with van der Waals surface area (Å²) in [6.07, 6.45) is 2.29. The van der Waals surface area contributed by atoms with Gasteiger partial charge >= 0.3 is 0 Å². The first-order valence-corrected chi connectivity index (χ1v) is 8.28. The molecule has 1 heterocycles. The highest BCUT2D eigenvalue weighted by Gasteiger charge is 2.30. The number of halogens is 2. The SMILES string of the molecule is CCC(C)C1CN(c2cccc(Cl)c2Cl)C(CC)CN1. The maximum absolute atomic E-state index is 6.42. The monoisotopic (exact) mass is 314 g/mol. The summed E-state index contributed by atoms with van der Waals surface area (Å²) in [6.45, 7) is 8.78. The number of piperazine rings is 1. The lowest BCUT2D eigenvalue weighted by molar-refractivity contribution is 0.306. The molecule has 3 atom stereocenters. The number of nitrogens with zero attached hydrogens (tertiary/aromatic N) is 1. The molecule has 0 radical (unpaired) electrons. The fraction of sp³-hybridized carbons (Fsp3) is 0.625. The first kappa shape index (κ1) is 15.9. The van der Waals surface area contributed by atoms with Gasteiger partial charge < -0.3 is 10.2 Å². The van der Waals surface area contributed by atoms with Crippen LogP contribution >= 0.6 is 23.2 Å². The predicted octanol–water partition coefficient (Wildman–Crippen LogP) is 4.60. The van der Waals surface area contributed by atoms with Gasteiger partial charge in [0.15, 0.2) is 0 Å². The molecule has 0 amide bonds. The molecular weight excluding hydrogens is 291 g/mol. The quantitative estimate of drug-likeness (QED) is 0.874. The maximum Gasteiger partial charge on any atom is 0.0825 e. The standard InChI is InChI=1S/C16H24Cl2N2/c1-4-11(3)14-10-20(12(5-2)9-19-14)15-8-6-7-13(17)16(15)18/h6-8,11-12,14,19H,4-5,9-10H2,1-3H3. The normalized spacial score (nSPS) is 24.8. The van der Waals surface area contributed by atoms with Gasteiger partial charge in [0.25, 0.3) is 0 Å². The third-order valence-corrected chi connectivity index (χ3v) is 5.30. The molecule has 1 aromatic rings. The molecule has 1 aliphatic rings. The molecular formula is C16H24Cl2N2. The van der Waals surface area contributed by atoms with Gasteiger partial charge in [-0.2, -0.15) is 0 Å². The van der Waals surface area contributed by atoms with Crippen LogP contribution in [0.1, 0.15) is 33.6 Å². The van der Waals surface area contributed by atoms with E-state index >= 15 is 0 Å². The molecule has 112 valence electrons. The molecule has 1 N–H and O–H groups in total. The summed E-state index contributed by atoms with van der Waals surface area (Å²) in [5.41, 5.74) is 1.07. The molecule has 3 unspecified atom stereocenters. The molecule has 20 heavy (non-hydrogen) atoms. The van der Waals surface area contributed by atoms with Gasteiger partial charge in [0, 0.05) is 25.2 Å². The molecule has 1 aliphatic heterocycles. The fourth-order valence-electron chi connectivity index (χ4n) is 2.86. The van der Waals surface area contributed by atoms with E-state index in [1.54, 1.807) is 0 Å².